The molecule has 1 aliphatic carbocycles. The van der Waals surface area contributed by atoms with E-state index in [9.17, 15) is 0 Å². The lowest BCUT2D eigenvalue weighted by Crippen LogP contribution is -2.27. The molecular formula is C11H15NO6. The molecule has 0 bridgehead atoms. The second-order valence-electron chi connectivity index (χ2n) is 4.92. The molecule has 0 aromatic rings. The molecular weight excluding hydrogens is 242 g/mol. The average molecular weight is 257 g/mol. The summed E-state index contributed by atoms with van der Waals surface area (Å²) in [5, 5.41) is 8.87. The molecule has 0 radical (unpaired) electrons. The van der Waals surface area contributed by atoms with Gasteiger partial charge in [0.2, 0.25) is 0 Å². The second kappa shape index (κ2) is 4.74. The van der Waals surface area contributed by atoms with Gasteiger partial charge in [-0.05, 0) is 19.3 Å². The molecule has 0 amide bonds. The Hall–Kier alpha value is -0.750. The van der Waals surface area contributed by atoms with E-state index in [0.717, 1.165) is 19.3 Å². The van der Waals surface area contributed by atoms with E-state index < -0.39 is 12.1 Å². The Morgan fingerprint density at radius 1 is 1.17 bits per heavy atom. The molecule has 2 saturated heterocycles. The highest BCUT2D eigenvalue weighted by Crippen LogP contribution is 2.41. The van der Waals surface area contributed by atoms with Gasteiger partial charge in [-0.1, -0.05) is 0 Å². The van der Waals surface area contributed by atoms with Gasteiger partial charge < -0.3 is 9.47 Å². The summed E-state index contributed by atoms with van der Waals surface area (Å²) in [6.45, 7) is 1.72. The van der Waals surface area contributed by atoms with E-state index in [4.69, 9.17) is 34.3 Å². The highest BCUT2D eigenvalue weighted by atomic mass is 17.3. The van der Waals surface area contributed by atoms with Crippen LogP contribution in [0.2, 0.25) is 0 Å². The molecule has 100 valence electrons. The first kappa shape index (κ1) is 12.3. The van der Waals surface area contributed by atoms with Gasteiger partial charge in [0.05, 0.1) is 0 Å². The van der Waals surface area contributed by atoms with Crippen molar-refractivity contribution in [2.24, 2.45) is 11.8 Å². The third-order valence-electron chi connectivity index (χ3n) is 3.57. The zero-order chi connectivity index (χ0) is 12.6. The maximum Gasteiger partial charge on any atom is 0.288 e. The number of hydrogen-bond acceptors (Lipinski definition) is 7. The lowest BCUT2D eigenvalue weighted by molar-refractivity contribution is -0.317. The van der Waals surface area contributed by atoms with E-state index in [1.807, 2.05) is 6.07 Å². The Morgan fingerprint density at radius 3 is 2.56 bits per heavy atom. The van der Waals surface area contributed by atoms with E-state index in [-0.39, 0.29) is 24.9 Å². The molecule has 0 aromatic heterocycles. The number of hydrogen-bond donors (Lipinski definition) is 0. The van der Waals surface area contributed by atoms with Gasteiger partial charge in [-0.25, -0.2) is 9.78 Å². The molecule has 2 heterocycles. The highest BCUT2D eigenvalue weighted by Gasteiger charge is 2.47. The molecule has 3 rings (SSSR count). The van der Waals surface area contributed by atoms with Crippen LogP contribution in [0.1, 0.15) is 26.2 Å². The topological polar surface area (TPSA) is 79.2 Å². The molecule has 0 N–H and O–H groups in total. The highest BCUT2D eigenvalue weighted by molar-refractivity contribution is 4.92. The molecule has 7 heteroatoms. The fraction of sp³-hybridized carbons (Fsp3) is 0.909. The van der Waals surface area contributed by atoms with Crippen molar-refractivity contribution >= 4 is 0 Å². The van der Waals surface area contributed by atoms with Crippen molar-refractivity contribution in [3.63, 3.8) is 0 Å². The number of nitriles is 1. The molecule has 18 heavy (non-hydrogen) atoms. The van der Waals surface area contributed by atoms with Crippen molar-refractivity contribution in [2.45, 2.75) is 44.6 Å². The summed E-state index contributed by atoms with van der Waals surface area (Å²) in [6.07, 6.45) is 1.90. The Balaban J connectivity index is 1.55. The lowest BCUT2D eigenvalue weighted by atomic mass is 10.0. The Kier molecular flexibility index (Phi) is 3.23. The molecule has 0 spiro atoms. The van der Waals surface area contributed by atoms with Crippen molar-refractivity contribution in [1.82, 2.24) is 0 Å². The lowest BCUT2D eigenvalue weighted by Gasteiger charge is -2.17. The van der Waals surface area contributed by atoms with E-state index in [1.165, 1.54) is 6.92 Å². The molecule has 0 aromatic carbocycles. The molecule has 1 saturated carbocycles. The van der Waals surface area contributed by atoms with E-state index in [1.54, 1.807) is 0 Å². The van der Waals surface area contributed by atoms with Gasteiger partial charge in [0.25, 0.3) is 5.79 Å². The predicted molar refractivity (Wildman–Crippen MR) is 53.8 cm³/mol. The molecule has 7 nitrogen and oxygen atoms in total. The smallest absolute Gasteiger partial charge is 0.288 e. The summed E-state index contributed by atoms with van der Waals surface area (Å²) in [5.41, 5.74) is 0. The largest absolute Gasteiger partial charge is 0.320 e. The van der Waals surface area contributed by atoms with Crippen LogP contribution in [0.25, 0.3) is 0 Å². The minimum absolute atomic E-state index is 0.178. The van der Waals surface area contributed by atoms with Gasteiger partial charge in [-0.15, -0.1) is 0 Å². The van der Waals surface area contributed by atoms with Crippen LogP contribution in [0.15, 0.2) is 0 Å². The monoisotopic (exact) mass is 257 g/mol. The van der Waals surface area contributed by atoms with Crippen molar-refractivity contribution in [3.05, 3.63) is 0 Å². The number of nitrogens with zero attached hydrogens (tertiary/aromatic N) is 1. The second-order valence-corrected chi connectivity index (χ2v) is 4.92. The van der Waals surface area contributed by atoms with Crippen LogP contribution in [0, 0.1) is 23.2 Å². The molecule has 3 fully saturated rings. The maximum atomic E-state index is 8.87. The van der Waals surface area contributed by atoms with E-state index >= 15 is 0 Å². The third kappa shape index (κ3) is 2.23. The fourth-order valence-corrected chi connectivity index (χ4v) is 2.60. The first-order valence-corrected chi connectivity index (χ1v) is 6.04. The van der Waals surface area contributed by atoms with Gasteiger partial charge in [0.15, 0.2) is 19.4 Å². The predicted octanol–water partition coefficient (Wildman–Crippen LogP) is 1.21. The van der Waals surface area contributed by atoms with E-state index in [2.05, 4.69) is 0 Å². The average Bonchev–Trinajstić information content (AvgIpc) is 3.09. The number of ether oxygens (including phenoxy) is 2. The van der Waals surface area contributed by atoms with Crippen LogP contribution >= 0.6 is 0 Å². The quantitative estimate of drug-likeness (QED) is 0.688. The molecule has 2 aliphatic heterocycles. The summed E-state index contributed by atoms with van der Waals surface area (Å²) in [6, 6.07) is 1.92. The van der Waals surface area contributed by atoms with Crippen LogP contribution in [0.5, 0.6) is 0 Å². The minimum Gasteiger partial charge on any atom is -0.320 e. The van der Waals surface area contributed by atoms with Crippen molar-refractivity contribution in [1.29, 1.82) is 5.26 Å². The Morgan fingerprint density at radius 2 is 1.94 bits per heavy atom. The van der Waals surface area contributed by atoms with Crippen molar-refractivity contribution < 1.29 is 29.0 Å². The van der Waals surface area contributed by atoms with Gasteiger partial charge in [-0.3, -0.25) is 0 Å². The van der Waals surface area contributed by atoms with Crippen LogP contribution < -0.4 is 0 Å². The normalized spacial score (nSPS) is 48.4. The van der Waals surface area contributed by atoms with Crippen LogP contribution in [0.3, 0.4) is 0 Å². The van der Waals surface area contributed by atoms with Gasteiger partial charge in [0.1, 0.15) is 6.07 Å². The zero-order valence-electron chi connectivity index (χ0n) is 10.0. The van der Waals surface area contributed by atoms with Crippen LogP contribution in [-0.2, 0) is 29.0 Å². The first-order valence-electron chi connectivity index (χ1n) is 6.04. The van der Waals surface area contributed by atoms with Gasteiger partial charge in [0, 0.05) is 18.8 Å². The summed E-state index contributed by atoms with van der Waals surface area (Å²) >= 11 is 0. The van der Waals surface area contributed by atoms with E-state index in [0.29, 0.717) is 0 Å². The summed E-state index contributed by atoms with van der Waals surface area (Å²) in [4.78, 5) is 19.8. The summed E-state index contributed by atoms with van der Waals surface area (Å²) < 4.78 is 10.8. The summed E-state index contributed by atoms with van der Waals surface area (Å²) in [7, 11) is 0. The molecule has 3 aliphatic rings. The maximum absolute atomic E-state index is 8.87. The van der Waals surface area contributed by atoms with Crippen LogP contribution in [0.4, 0.5) is 0 Å². The summed E-state index contributed by atoms with van der Waals surface area (Å²) in [5.74, 6) is -0.858. The molecule has 3 unspecified atom stereocenters. The van der Waals surface area contributed by atoms with Gasteiger partial charge in [-0.2, -0.15) is 15.0 Å². The van der Waals surface area contributed by atoms with Crippen molar-refractivity contribution in [2.75, 3.05) is 6.79 Å². The first-order chi connectivity index (χ1) is 8.70. The molecule has 5 atom stereocenters. The number of rotatable bonds is 2. The Bertz CT molecular complexity index is 352. The van der Waals surface area contributed by atoms with Gasteiger partial charge >= 0.3 is 0 Å². The standard InChI is InChI=1S/C11H15NO6/c1-11(5-12)15-10(17-18-11)8-3-2-7(4-8)9-13-6-14-16-9/h7-10H,2-4,6H2,1H3/t7?,8?,9?,10-,11+/m0/s1. The van der Waals surface area contributed by atoms with Crippen molar-refractivity contribution in [3.8, 4) is 6.07 Å². The minimum atomic E-state index is -1.30. The Labute approximate surface area is 104 Å². The van der Waals surface area contributed by atoms with Crippen LogP contribution in [-0.4, -0.2) is 25.2 Å². The SMILES string of the molecule is C[C@]1(C#N)OO[C@@H](C2CCC(C3OCOO3)C2)O1. The zero-order valence-corrected chi connectivity index (χ0v) is 10.0. The fourth-order valence-electron chi connectivity index (χ4n) is 2.60. The third-order valence-corrected chi connectivity index (χ3v) is 3.57.